The second-order valence-corrected chi connectivity index (χ2v) is 3.94. The van der Waals surface area contributed by atoms with Crippen LogP contribution >= 0.6 is 0 Å². The zero-order valence-electron chi connectivity index (χ0n) is 9.85. The van der Waals surface area contributed by atoms with Gasteiger partial charge in [-0.2, -0.15) is 0 Å². The molecule has 1 atom stereocenters. The lowest BCUT2D eigenvalue weighted by molar-refractivity contribution is -0.146. The van der Waals surface area contributed by atoms with Crippen LogP contribution in [0, 0.1) is 5.92 Å². The summed E-state index contributed by atoms with van der Waals surface area (Å²) < 4.78 is 0. The van der Waals surface area contributed by atoms with E-state index in [0.29, 0.717) is 6.54 Å². The molecule has 0 saturated carbocycles. The molecule has 1 aromatic carbocycles. The molecule has 0 fully saturated rings. The first kappa shape index (κ1) is 13.2. The van der Waals surface area contributed by atoms with E-state index < -0.39 is 17.8 Å². The maximum Gasteiger partial charge on any atom is 0.315 e. The largest absolute Gasteiger partial charge is 0.481 e. The minimum Gasteiger partial charge on any atom is -0.481 e. The molecule has 92 valence electrons. The lowest BCUT2D eigenvalue weighted by Gasteiger charge is -2.08. The smallest absolute Gasteiger partial charge is 0.315 e. The third-order valence-electron chi connectivity index (χ3n) is 2.55. The highest BCUT2D eigenvalue weighted by Crippen LogP contribution is 2.01. The quantitative estimate of drug-likeness (QED) is 0.579. The first-order valence-corrected chi connectivity index (χ1v) is 5.65. The van der Waals surface area contributed by atoms with Gasteiger partial charge in [-0.25, -0.2) is 0 Å². The second-order valence-electron chi connectivity index (χ2n) is 3.94. The Morgan fingerprint density at radius 3 is 2.53 bits per heavy atom. The number of benzene rings is 1. The van der Waals surface area contributed by atoms with Crippen molar-refractivity contribution in [3.8, 4) is 0 Å². The molecule has 2 N–H and O–H groups in total. The maximum absolute atomic E-state index is 11.3. The summed E-state index contributed by atoms with van der Waals surface area (Å²) in [6, 6.07) is 9.96. The summed E-state index contributed by atoms with van der Waals surface area (Å²) >= 11 is 0. The summed E-state index contributed by atoms with van der Waals surface area (Å²) in [5, 5.41) is 11.2. The Kier molecular flexibility index (Phi) is 5.20. The standard InChI is InChI=1S/C13H17NO3/c1-10(13(16)17)12(15)14-9-5-8-11-6-3-2-4-7-11/h2-4,6-7,10H,5,8-9H2,1H3,(H,14,15)(H,16,17). The molecule has 1 unspecified atom stereocenters. The molecule has 0 heterocycles. The van der Waals surface area contributed by atoms with Crippen LogP contribution in [-0.2, 0) is 16.0 Å². The molecule has 0 aliphatic carbocycles. The molecule has 4 nitrogen and oxygen atoms in total. The molecule has 0 spiro atoms. The third kappa shape index (κ3) is 4.68. The molecule has 0 saturated heterocycles. The number of amides is 1. The summed E-state index contributed by atoms with van der Waals surface area (Å²) in [7, 11) is 0. The van der Waals surface area contributed by atoms with Crippen LogP contribution in [0.25, 0.3) is 0 Å². The summed E-state index contributed by atoms with van der Waals surface area (Å²) in [6.45, 7) is 1.89. The van der Waals surface area contributed by atoms with Crippen LogP contribution in [0.3, 0.4) is 0 Å². The van der Waals surface area contributed by atoms with Crippen LogP contribution in [0.4, 0.5) is 0 Å². The summed E-state index contributed by atoms with van der Waals surface area (Å²) in [5.41, 5.74) is 1.22. The van der Waals surface area contributed by atoms with E-state index in [-0.39, 0.29) is 0 Å². The monoisotopic (exact) mass is 235 g/mol. The summed E-state index contributed by atoms with van der Waals surface area (Å²) in [6.07, 6.45) is 1.69. The molecule has 0 aliphatic rings. The first-order chi connectivity index (χ1) is 8.11. The summed E-state index contributed by atoms with van der Waals surface area (Å²) in [4.78, 5) is 21.8. The molecular formula is C13H17NO3. The number of nitrogens with one attached hydrogen (secondary N) is 1. The van der Waals surface area contributed by atoms with E-state index in [1.54, 1.807) is 0 Å². The van der Waals surface area contributed by atoms with E-state index in [1.165, 1.54) is 12.5 Å². The molecule has 1 rings (SSSR count). The SMILES string of the molecule is CC(C(=O)O)C(=O)NCCCc1ccccc1. The highest BCUT2D eigenvalue weighted by Gasteiger charge is 2.19. The molecule has 1 amide bonds. The van der Waals surface area contributed by atoms with E-state index in [0.717, 1.165) is 12.8 Å². The zero-order chi connectivity index (χ0) is 12.7. The van der Waals surface area contributed by atoms with E-state index in [4.69, 9.17) is 5.11 Å². The van der Waals surface area contributed by atoms with Gasteiger partial charge in [0.05, 0.1) is 0 Å². The fourth-order valence-corrected chi connectivity index (χ4v) is 1.41. The minimum atomic E-state index is -1.09. The van der Waals surface area contributed by atoms with Crippen LogP contribution in [0.2, 0.25) is 0 Å². The van der Waals surface area contributed by atoms with Gasteiger partial charge in [-0.05, 0) is 25.3 Å². The second kappa shape index (κ2) is 6.68. The van der Waals surface area contributed by atoms with E-state index in [9.17, 15) is 9.59 Å². The number of carbonyl (C=O) groups is 2. The van der Waals surface area contributed by atoms with Crippen molar-refractivity contribution in [2.24, 2.45) is 5.92 Å². The fourth-order valence-electron chi connectivity index (χ4n) is 1.41. The Morgan fingerprint density at radius 1 is 1.29 bits per heavy atom. The van der Waals surface area contributed by atoms with Gasteiger partial charge < -0.3 is 10.4 Å². The van der Waals surface area contributed by atoms with Gasteiger partial charge in [0.25, 0.3) is 0 Å². The fraction of sp³-hybridized carbons (Fsp3) is 0.385. The number of rotatable bonds is 6. The lowest BCUT2D eigenvalue weighted by atomic mass is 10.1. The number of carbonyl (C=O) groups excluding carboxylic acids is 1. The van der Waals surface area contributed by atoms with Crippen molar-refractivity contribution >= 4 is 11.9 Å². The predicted octanol–water partition coefficient (Wildman–Crippen LogP) is 1.46. The van der Waals surface area contributed by atoms with Crippen molar-refractivity contribution in [3.63, 3.8) is 0 Å². The molecule has 4 heteroatoms. The van der Waals surface area contributed by atoms with Gasteiger partial charge >= 0.3 is 5.97 Å². The van der Waals surface area contributed by atoms with Crippen LogP contribution in [0.5, 0.6) is 0 Å². The zero-order valence-corrected chi connectivity index (χ0v) is 9.85. The third-order valence-corrected chi connectivity index (χ3v) is 2.55. The minimum absolute atomic E-state index is 0.425. The van der Waals surface area contributed by atoms with Crippen LogP contribution in [0.1, 0.15) is 18.9 Å². The van der Waals surface area contributed by atoms with Gasteiger partial charge in [-0.3, -0.25) is 9.59 Å². The number of aryl methyl sites for hydroxylation is 1. The summed E-state index contributed by atoms with van der Waals surface area (Å²) in [5.74, 6) is -2.50. The first-order valence-electron chi connectivity index (χ1n) is 5.65. The van der Waals surface area contributed by atoms with Gasteiger partial charge in [0.2, 0.25) is 5.91 Å². The number of aliphatic carboxylic acids is 1. The van der Waals surface area contributed by atoms with Crippen molar-refractivity contribution in [3.05, 3.63) is 35.9 Å². The van der Waals surface area contributed by atoms with Gasteiger partial charge in [0.15, 0.2) is 0 Å². The van der Waals surface area contributed by atoms with Gasteiger partial charge in [0.1, 0.15) is 5.92 Å². The van der Waals surface area contributed by atoms with Crippen molar-refractivity contribution in [2.45, 2.75) is 19.8 Å². The van der Waals surface area contributed by atoms with Crippen molar-refractivity contribution in [1.29, 1.82) is 0 Å². The molecule has 0 aromatic heterocycles. The predicted molar refractivity (Wildman–Crippen MR) is 64.6 cm³/mol. The lowest BCUT2D eigenvalue weighted by Crippen LogP contribution is -2.34. The molecular weight excluding hydrogens is 218 g/mol. The number of hydrogen-bond acceptors (Lipinski definition) is 2. The van der Waals surface area contributed by atoms with E-state index in [2.05, 4.69) is 5.32 Å². The van der Waals surface area contributed by atoms with Crippen molar-refractivity contribution in [2.75, 3.05) is 6.54 Å². The Labute approximate surface area is 101 Å². The maximum atomic E-state index is 11.3. The molecule has 0 bridgehead atoms. The Bertz CT molecular complexity index is 376. The van der Waals surface area contributed by atoms with Crippen molar-refractivity contribution in [1.82, 2.24) is 5.32 Å². The highest BCUT2D eigenvalue weighted by atomic mass is 16.4. The van der Waals surface area contributed by atoms with E-state index in [1.807, 2.05) is 30.3 Å². The molecule has 1 aromatic rings. The number of carboxylic acids is 1. The van der Waals surface area contributed by atoms with Gasteiger partial charge in [0, 0.05) is 6.54 Å². The normalized spacial score (nSPS) is 11.8. The van der Waals surface area contributed by atoms with Gasteiger partial charge in [-0.1, -0.05) is 30.3 Å². The molecule has 0 aliphatic heterocycles. The Hall–Kier alpha value is -1.84. The van der Waals surface area contributed by atoms with Crippen LogP contribution < -0.4 is 5.32 Å². The highest BCUT2D eigenvalue weighted by molar-refractivity contribution is 5.96. The number of carboxylic acid groups (broad SMARTS) is 1. The number of hydrogen-bond donors (Lipinski definition) is 2. The van der Waals surface area contributed by atoms with Crippen LogP contribution in [0.15, 0.2) is 30.3 Å². The van der Waals surface area contributed by atoms with Gasteiger partial charge in [-0.15, -0.1) is 0 Å². The average Bonchev–Trinajstić information content (AvgIpc) is 2.34. The topological polar surface area (TPSA) is 66.4 Å². The molecule has 17 heavy (non-hydrogen) atoms. The Balaban J connectivity index is 2.21. The van der Waals surface area contributed by atoms with Crippen molar-refractivity contribution < 1.29 is 14.7 Å². The van der Waals surface area contributed by atoms with E-state index >= 15 is 0 Å². The van der Waals surface area contributed by atoms with Crippen LogP contribution in [-0.4, -0.2) is 23.5 Å². The Morgan fingerprint density at radius 2 is 1.94 bits per heavy atom. The average molecular weight is 235 g/mol. The molecule has 0 radical (unpaired) electrons.